The number of anilines is 2. The molecule has 1 saturated carbocycles. The van der Waals surface area contributed by atoms with E-state index < -0.39 is 0 Å². The molecule has 6 nitrogen and oxygen atoms in total. The van der Waals surface area contributed by atoms with Gasteiger partial charge in [0.15, 0.2) is 0 Å². The van der Waals surface area contributed by atoms with Crippen LogP contribution in [0, 0.1) is 0 Å². The van der Waals surface area contributed by atoms with E-state index in [0.29, 0.717) is 18.4 Å². The second-order valence-corrected chi connectivity index (χ2v) is 8.83. The molecule has 152 valence electrons. The Morgan fingerprint density at radius 2 is 1.83 bits per heavy atom. The average molecular weight is 410 g/mol. The Morgan fingerprint density at radius 1 is 1.07 bits per heavy atom. The lowest BCUT2D eigenvalue weighted by atomic mass is 9.91. The number of thiophene rings is 1. The van der Waals surface area contributed by atoms with Crippen molar-refractivity contribution < 1.29 is 4.79 Å². The summed E-state index contributed by atoms with van der Waals surface area (Å²) in [7, 11) is 4.01. The molecule has 2 aromatic heterocycles. The molecule has 1 amide bonds. The quantitative estimate of drug-likeness (QED) is 0.647. The van der Waals surface area contributed by atoms with Crippen molar-refractivity contribution in [2.45, 2.75) is 44.2 Å². The van der Waals surface area contributed by atoms with Crippen LogP contribution in [0.1, 0.15) is 30.6 Å². The van der Waals surface area contributed by atoms with Crippen molar-refractivity contribution in [1.29, 1.82) is 0 Å². The Balaban J connectivity index is 1.34. The van der Waals surface area contributed by atoms with Crippen molar-refractivity contribution in [1.82, 2.24) is 15.3 Å². The molecule has 2 heterocycles. The van der Waals surface area contributed by atoms with E-state index in [2.05, 4.69) is 16.7 Å². The van der Waals surface area contributed by atoms with E-state index >= 15 is 0 Å². The number of hydrogen-bond acceptors (Lipinski definition) is 6. The summed E-state index contributed by atoms with van der Waals surface area (Å²) in [6, 6.07) is 12.7. The lowest BCUT2D eigenvalue weighted by Gasteiger charge is -2.30. The number of carbonyl (C=O) groups excluding carboxylic acids is 1. The minimum absolute atomic E-state index is 0.123. The summed E-state index contributed by atoms with van der Waals surface area (Å²) in [5.74, 6) is 1.72. The number of benzene rings is 1. The number of amides is 1. The van der Waals surface area contributed by atoms with Gasteiger partial charge in [-0.25, -0.2) is 4.98 Å². The van der Waals surface area contributed by atoms with Crippen molar-refractivity contribution in [3.8, 4) is 0 Å². The maximum atomic E-state index is 12.2. The first-order valence-electron chi connectivity index (χ1n) is 10.1. The Hall–Kier alpha value is -2.67. The molecule has 0 bridgehead atoms. The number of aromatic nitrogens is 2. The van der Waals surface area contributed by atoms with E-state index in [1.54, 1.807) is 11.3 Å². The lowest BCUT2D eigenvalue weighted by molar-refractivity contribution is -0.121. The van der Waals surface area contributed by atoms with Crippen LogP contribution in [0.3, 0.4) is 0 Å². The lowest BCUT2D eigenvalue weighted by Crippen LogP contribution is -2.40. The monoisotopic (exact) mass is 409 g/mol. The van der Waals surface area contributed by atoms with Gasteiger partial charge in [-0.15, -0.1) is 11.3 Å². The third-order valence-corrected chi connectivity index (χ3v) is 6.22. The third-order valence-electron chi connectivity index (χ3n) is 5.35. The predicted octanol–water partition coefficient (Wildman–Crippen LogP) is 3.84. The first kappa shape index (κ1) is 19.6. The molecule has 0 saturated heterocycles. The zero-order valence-corrected chi connectivity index (χ0v) is 17.7. The van der Waals surface area contributed by atoms with Gasteiger partial charge in [0.2, 0.25) is 11.9 Å². The van der Waals surface area contributed by atoms with E-state index in [-0.39, 0.29) is 11.9 Å². The zero-order valence-electron chi connectivity index (χ0n) is 16.9. The van der Waals surface area contributed by atoms with Gasteiger partial charge in [-0.2, -0.15) is 4.98 Å². The molecule has 0 aliphatic heterocycles. The van der Waals surface area contributed by atoms with Gasteiger partial charge in [0.05, 0.1) is 11.9 Å². The normalized spacial score (nSPS) is 19.1. The number of nitrogens with one attached hydrogen (secondary N) is 2. The summed E-state index contributed by atoms with van der Waals surface area (Å²) in [5, 5.41) is 9.78. The molecule has 0 unspecified atom stereocenters. The van der Waals surface area contributed by atoms with Crippen molar-refractivity contribution >= 4 is 39.9 Å². The van der Waals surface area contributed by atoms with Crippen LogP contribution in [0.15, 0.2) is 41.8 Å². The third kappa shape index (κ3) is 4.85. The number of rotatable bonds is 6. The second-order valence-electron chi connectivity index (χ2n) is 7.80. The number of fused-ring (bicyclic) bond motifs is 1. The van der Waals surface area contributed by atoms with Crippen molar-refractivity contribution in [3.05, 3.63) is 46.7 Å². The van der Waals surface area contributed by atoms with Gasteiger partial charge in [-0.05, 0) is 49.3 Å². The van der Waals surface area contributed by atoms with Crippen LogP contribution in [-0.2, 0) is 11.2 Å². The Kier molecular flexibility index (Phi) is 5.94. The van der Waals surface area contributed by atoms with E-state index in [4.69, 9.17) is 9.97 Å². The molecular formula is C22H27N5OS. The fourth-order valence-electron chi connectivity index (χ4n) is 3.88. The molecule has 1 aromatic carbocycles. The molecule has 0 radical (unpaired) electrons. The number of carbonyl (C=O) groups is 1. The van der Waals surface area contributed by atoms with Crippen LogP contribution >= 0.6 is 11.3 Å². The first-order valence-corrected chi connectivity index (χ1v) is 11.0. The van der Waals surface area contributed by atoms with Crippen molar-refractivity contribution in [2.75, 3.05) is 24.3 Å². The van der Waals surface area contributed by atoms with Crippen molar-refractivity contribution in [2.24, 2.45) is 0 Å². The number of hydrogen-bond donors (Lipinski definition) is 2. The van der Waals surface area contributed by atoms with E-state index in [0.717, 1.165) is 47.3 Å². The van der Waals surface area contributed by atoms with Gasteiger partial charge in [-0.1, -0.05) is 18.2 Å². The van der Waals surface area contributed by atoms with Crippen LogP contribution in [-0.4, -0.2) is 42.1 Å². The maximum Gasteiger partial charge on any atom is 0.225 e. The average Bonchev–Trinajstić information content (AvgIpc) is 3.21. The summed E-state index contributed by atoms with van der Waals surface area (Å²) in [6.07, 6.45) is 4.42. The molecule has 1 aliphatic rings. The highest BCUT2D eigenvalue weighted by Gasteiger charge is 2.23. The fraction of sp³-hybridized carbons (Fsp3) is 0.409. The fourth-order valence-corrected chi connectivity index (χ4v) is 4.58. The summed E-state index contributed by atoms with van der Waals surface area (Å²) in [6.45, 7) is 0. The Morgan fingerprint density at radius 3 is 2.55 bits per heavy atom. The predicted molar refractivity (Wildman–Crippen MR) is 120 cm³/mol. The number of para-hydroxylation sites is 1. The van der Waals surface area contributed by atoms with E-state index in [1.807, 2.05) is 54.7 Å². The molecule has 4 rings (SSSR count). The Bertz CT molecular complexity index is 965. The minimum Gasteiger partial charge on any atom is -0.362 e. The topological polar surface area (TPSA) is 70.2 Å². The zero-order chi connectivity index (χ0) is 20.2. The van der Waals surface area contributed by atoms with Crippen molar-refractivity contribution in [3.63, 3.8) is 0 Å². The van der Waals surface area contributed by atoms with Crippen LogP contribution < -0.4 is 15.5 Å². The molecule has 29 heavy (non-hydrogen) atoms. The molecule has 0 atom stereocenters. The highest BCUT2D eigenvalue weighted by atomic mass is 32.1. The summed E-state index contributed by atoms with van der Waals surface area (Å²) < 4.78 is 0. The summed E-state index contributed by atoms with van der Waals surface area (Å²) >= 11 is 1.63. The van der Waals surface area contributed by atoms with Gasteiger partial charge in [0.1, 0.15) is 5.82 Å². The van der Waals surface area contributed by atoms with Gasteiger partial charge in [-0.3, -0.25) is 4.79 Å². The van der Waals surface area contributed by atoms with Gasteiger partial charge < -0.3 is 15.5 Å². The largest absolute Gasteiger partial charge is 0.362 e. The molecule has 1 fully saturated rings. The van der Waals surface area contributed by atoms with Crippen LogP contribution in [0.25, 0.3) is 10.9 Å². The molecule has 7 heteroatoms. The molecule has 3 aromatic rings. The van der Waals surface area contributed by atoms with Gasteiger partial charge >= 0.3 is 0 Å². The minimum atomic E-state index is 0.123. The van der Waals surface area contributed by atoms with Crippen LogP contribution in [0.5, 0.6) is 0 Å². The molecule has 2 N–H and O–H groups in total. The Labute approximate surface area is 175 Å². The number of nitrogens with zero attached hydrogens (tertiary/aromatic N) is 3. The van der Waals surface area contributed by atoms with Gasteiger partial charge in [0.25, 0.3) is 0 Å². The maximum absolute atomic E-state index is 12.2. The van der Waals surface area contributed by atoms with Gasteiger partial charge in [0, 0.05) is 36.4 Å². The van der Waals surface area contributed by atoms with Crippen LogP contribution in [0.2, 0.25) is 0 Å². The van der Waals surface area contributed by atoms with E-state index in [9.17, 15) is 4.79 Å². The molecule has 1 aliphatic carbocycles. The molecule has 0 spiro atoms. The van der Waals surface area contributed by atoms with E-state index in [1.165, 1.54) is 0 Å². The van der Waals surface area contributed by atoms with Crippen LogP contribution in [0.4, 0.5) is 11.8 Å². The molecular weight excluding hydrogens is 382 g/mol. The SMILES string of the molecule is CN(C)c1nc(NC2CCC(NC(=O)Cc3cccs3)CC2)nc2ccccc12. The first-order chi connectivity index (χ1) is 14.1. The highest BCUT2D eigenvalue weighted by Crippen LogP contribution is 2.26. The second kappa shape index (κ2) is 8.78. The highest BCUT2D eigenvalue weighted by molar-refractivity contribution is 7.10. The standard InChI is InChI=1S/C22H27N5OS/c1-27(2)21-18-7-3-4-8-19(18)25-22(26-21)24-16-11-9-15(10-12-16)23-20(28)14-17-6-5-13-29-17/h3-8,13,15-16H,9-12,14H2,1-2H3,(H,23,28)(H,24,25,26). The summed E-state index contributed by atoms with van der Waals surface area (Å²) in [4.78, 5) is 24.8. The summed E-state index contributed by atoms with van der Waals surface area (Å²) in [5.41, 5.74) is 0.947. The smallest absolute Gasteiger partial charge is 0.225 e.